The van der Waals surface area contributed by atoms with Crippen LogP contribution in [-0.4, -0.2) is 61.5 Å². The first kappa shape index (κ1) is 18.4. The van der Waals surface area contributed by atoms with E-state index in [-0.39, 0.29) is 24.8 Å². The molecule has 0 aromatic rings. The third-order valence-electron chi connectivity index (χ3n) is 3.48. The number of rotatable bonds is 9. The molecule has 0 aromatic carbocycles. The number of amides is 2. The summed E-state index contributed by atoms with van der Waals surface area (Å²) in [4.78, 5) is 37.3. The minimum absolute atomic E-state index is 0.0173. The van der Waals surface area contributed by atoms with Crippen molar-refractivity contribution in [1.29, 1.82) is 0 Å². The highest BCUT2D eigenvalue weighted by Crippen LogP contribution is 2.10. The van der Waals surface area contributed by atoms with Crippen molar-refractivity contribution in [1.82, 2.24) is 15.5 Å². The van der Waals surface area contributed by atoms with E-state index in [4.69, 9.17) is 4.74 Å². The van der Waals surface area contributed by atoms with E-state index in [0.717, 1.165) is 19.3 Å². The Labute approximate surface area is 131 Å². The molecule has 22 heavy (non-hydrogen) atoms. The van der Waals surface area contributed by atoms with Gasteiger partial charge in [-0.05, 0) is 12.8 Å². The predicted octanol–water partition coefficient (Wildman–Crippen LogP) is 0.0464. The second-order valence-corrected chi connectivity index (χ2v) is 5.41. The number of carbonyl (C=O) groups is 3. The second kappa shape index (κ2) is 10.2. The molecule has 1 heterocycles. The van der Waals surface area contributed by atoms with E-state index in [9.17, 15) is 14.4 Å². The summed E-state index contributed by atoms with van der Waals surface area (Å²) < 4.78 is 5.11. The number of nitrogens with one attached hydrogen (secondary N) is 2. The Kier molecular flexibility index (Phi) is 8.50. The van der Waals surface area contributed by atoms with Crippen LogP contribution in [0.4, 0.5) is 0 Å². The summed E-state index contributed by atoms with van der Waals surface area (Å²) in [7, 11) is 0. The standard InChI is InChI=1S/C15H27N3O4/c1-3-5-9-22-14(20)10-12-15(21)17-7-8-18(12)11-13(19)16-6-4-2/h12H,3-11H2,1-2H3,(H,16,19)(H,17,21). The van der Waals surface area contributed by atoms with E-state index in [1.807, 2.05) is 13.8 Å². The highest BCUT2D eigenvalue weighted by molar-refractivity contribution is 5.88. The summed E-state index contributed by atoms with van der Waals surface area (Å²) in [6, 6.07) is -0.629. The Morgan fingerprint density at radius 3 is 2.82 bits per heavy atom. The van der Waals surface area contributed by atoms with E-state index >= 15 is 0 Å². The van der Waals surface area contributed by atoms with Crippen molar-refractivity contribution in [3.63, 3.8) is 0 Å². The summed E-state index contributed by atoms with van der Waals surface area (Å²) in [5.41, 5.74) is 0. The number of unbranched alkanes of at least 4 members (excludes halogenated alkanes) is 1. The second-order valence-electron chi connectivity index (χ2n) is 5.41. The molecule has 0 bridgehead atoms. The normalized spacial score (nSPS) is 18.6. The largest absolute Gasteiger partial charge is 0.466 e. The van der Waals surface area contributed by atoms with E-state index < -0.39 is 12.0 Å². The predicted molar refractivity (Wildman–Crippen MR) is 82.2 cm³/mol. The molecule has 1 atom stereocenters. The number of nitrogens with zero attached hydrogens (tertiary/aromatic N) is 1. The van der Waals surface area contributed by atoms with Crippen LogP contribution in [0.15, 0.2) is 0 Å². The average molecular weight is 313 g/mol. The fourth-order valence-electron chi connectivity index (χ4n) is 2.23. The van der Waals surface area contributed by atoms with Crippen molar-refractivity contribution < 1.29 is 19.1 Å². The fourth-order valence-corrected chi connectivity index (χ4v) is 2.23. The third-order valence-corrected chi connectivity index (χ3v) is 3.48. The van der Waals surface area contributed by atoms with Gasteiger partial charge in [0.2, 0.25) is 11.8 Å². The molecule has 1 saturated heterocycles. The molecule has 0 radical (unpaired) electrons. The van der Waals surface area contributed by atoms with Crippen LogP contribution in [0.2, 0.25) is 0 Å². The molecular formula is C15H27N3O4. The first-order valence-corrected chi connectivity index (χ1v) is 8.02. The molecule has 0 aromatic heterocycles. The van der Waals surface area contributed by atoms with Crippen LogP contribution >= 0.6 is 0 Å². The van der Waals surface area contributed by atoms with E-state index in [1.165, 1.54) is 0 Å². The smallest absolute Gasteiger partial charge is 0.307 e. The third kappa shape index (κ3) is 6.43. The molecular weight excluding hydrogens is 286 g/mol. The van der Waals surface area contributed by atoms with Crippen molar-refractivity contribution in [3.8, 4) is 0 Å². The number of hydrogen-bond acceptors (Lipinski definition) is 5. The average Bonchev–Trinajstić information content (AvgIpc) is 2.49. The maximum atomic E-state index is 12.0. The summed E-state index contributed by atoms with van der Waals surface area (Å²) >= 11 is 0. The molecule has 0 spiro atoms. The molecule has 126 valence electrons. The maximum absolute atomic E-state index is 12.0. The van der Waals surface area contributed by atoms with Crippen LogP contribution in [-0.2, 0) is 19.1 Å². The zero-order chi connectivity index (χ0) is 16.4. The minimum atomic E-state index is -0.629. The van der Waals surface area contributed by atoms with Gasteiger partial charge in [-0.2, -0.15) is 0 Å². The number of carbonyl (C=O) groups excluding carboxylic acids is 3. The Hall–Kier alpha value is -1.63. The molecule has 2 amide bonds. The van der Waals surface area contributed by atoms with Gasteiger partial charge in [0.05, 0.1) is 19.6 Å². The van der Waals surface area contributed by atoms with Gasteiger partial charge in [-0.25, -0.2) is 0 Å². The number of ether oxygens (including phenoxy) is 1. The zero-order valence-electron chi connectivity index (χ0n) is 13.5. The van der Waals surface area contributed by atoms with Gasteiger partial charge in [0.1, 0.15) is 6.04 Å². The molecule has 2 N–H and O–H groups in total. The Morgan fingerprint density at radius 1 is 1.36 bits per heavy atom. The number of piperazine rings is 1. The van der Waals surface area contributed by atoms with Gasteiger partial charge < -0.3 is 15.4 Å². The van der Waals surface area contributed by atoms with Crippen LogP contribution in [0.25, 0.3) is 0 Å². The van der Waals surface area contributed by atoms with E-state index in [2.05, 4.69) is 10.6 Å². The van der Waals surface area contributed by atoms with Crippen molar-refractivity contribution in [3.05, 3.63) is 0 Å². The molecule has 0 saturated carbocycles. The van der Waals surface area contributed by atoms with Gasteiger partial charge in [-0.1, -0.05) is 20.3 Å². The maximum Gasteiger partial charge on any atom is 0.307 e. The van der Waals surface area contributed by atoms with Gasteiger partial charge in [-0.3, -0.25) is 19.3 Å². The fraction of sp³-hybridized carbons (Fsp3) is 0.800. The first-order valence-electron chi connectivity index (χ1n) is 8.02. The lowest BCUT2D eigenvalue weighted by Gasteiger charge is -2.33. The lowest BCUT2D eigenvalue weighted by molar-refractivity contribution is -0.149. The SMILES string of the molecule is CCCCOC(=O)CC1C(=O)NCCN1CC(=O)NCCC. The first-order chi connectivity index (χ1) is 10.6. The van der Waals surface area contributed by atoms with E-state index in [1.54, 1.807) is 4.90 Å². The zero-order valence-corrected chi connectivity index (χ0v) is 13.5. The van der Waals surface area contributed by atoms with Crippen molar-refractivity contribution in [2.24, 2.45) is 0 Å². The van der Waals surface area contributed by atoms with Crippen molar-refractivity contribution in [2.45, 2.75) is 45.6 Å². The summed E-state index contributed by atoms with van der Waals surface area (Å²) in [6.07, 6.45) is 2.60. The van der Waals surface area contributed by atoms with Gasteiger partial charge in [-0.15, -0.1) is 0 Å². The molecule has 7 heteroatoms. The van der Waals surface area contributed by atoms with E-state index in [0.29, 0.717) is 26.2 Å². The molecule has 1 aliphatic heterocycles. The summed E-state index contributed by atoms with van der Waals surface area (Å²) in [5, 5.41) is 5.51. The monoisotopic (exact) mass is 313 g/mol. The van der Waals surface area contributed by atoms with Crippen molar-refractivity contribution in [2.75, 3.05) is 32.8 Å². The highest BCUT2D eigenvalue weighted by atomic mass is 16.5. The minimum Gasteiger partial charge on any atom is -0.466 e. The molecule has 0 aliphatic carbocycles. The number of hydrogen-bond donors (Lipinski definition) is 2. The van der Waals surface area contributed by atoms with Gasteiger partial charge in [0.25, 0.3) is 0 Å². The highest BCUT2D eigenvalue weighted by Gasteiger charge is 2.33. The quantitative estimate of drug-likeness (QED) is 0.464. The Bertz CT molecular complexity index is 387. The summed E-state index contributed by atoms with van der Waals surface area (Å²) in [5.74, 6) is -0.739. The molecule has 1 fully saturated rings. The van der Waals surface area contributed by atoms with Crippen molar-refractivity contribution >= 4 is 17.8 Å². The van der Waals surface area contributed by atoms with Crippen LogP contribution in [0.1, 0.15) is 39.5 Å². The van der Waals surface area contributed by atoms with Gasteiger partial charge >= 0.3 is 5.97 Å². The van der Waals surface area contributed by atoms with Crippen LogP contribution in [0.3, 0.4) is 0 Å². The lowest BCUT2D eigenvalue weighted by atomic mass is 10.1. The van der Waals surface area contributed by atoms with Gasteiger partial charge in [0, 0.05) is 19.6 Å². The Balaban J connectivity index is 2.51. The summed E-state index contributed by atoms with van der Waals surface area (Å²) in [6.45, 7) is 6.14. The van der Waals surface area contributed by atoms with Gasteiger partial charge in [0.15, 0.2) is 0 Å². The lowest BCUT2D eigenvalue weighted by Crippen LogP contribution is -2.58. The molecule has 1 unspecified atom stereocenters. The van der Waals surface area contributed by atoms with Crippen LogP contribution in [0.5, 0.6) is 0 Å². The molecule has 1 rings (SSSR count). The molecule has 1 aliphatic rings. The van der Waals surface area contributed by atoms with Crippen LogP contribution in [0, 0.1) is 0 Å². The topological polar surface area (TPSA) is 87.7 Å². The number of esters is 1. The van der Waals surface area contributed by atoms with Crippen LogP contribution < -0.4 is 10.6 Å². The molecule has 7 nitrogen and oxygen atoms in total. The Morgan fingerprint density at radius 2 is 2.14 bits per heavy atom.